The summed E-state index contributed by atoms with van der Waals surface area (Å²) in [4.78, 5) is 0. The van der Waals surface area contributed by atoms with E-state index in [0.717, 1.165) is 21.2 Å². The van der Waals surface area contributed by atoms with E-state index in [1.54, 1.807) is 0 Å². The van der Waals surface area contributed by atoms with Crippen LogP contribution in [0.3, 0.4) is 0 Å². The summed E-state index contributed by atoms with van der Waals surface area (Å²) in [6.45, 7) is 4.13. The Bertz CT molecular complexity index is 921. The lowest BCUT2D eigenvalue weighted by Crippen LogP contribution is -1.94. The number of hydrogen-bond donors (Lipinski definition) is 0. The highest BCUT2D eigenvalue weighted by molar-refractivity contribution is 9.10. The molecule has 3 aromatic rings. The van der Waals surface area contributed by atoms with Crippen molar-refractivity contribution in [2.24, 2.45) is 0 Å². The van der Waals surface area contributed by atoms with Crippen LogP contribution < -0.4 is 0 Å². The van der Waals surface area contributed by atoms with Crippen LogP contribution in [0.2, 0.25) is 0 Å². The van der Waals surface area contributed by atoms with Gasteiger partial charge in [0, 0.05) is 20.5 Å². The number of allylic oxidation sites excluding steroid dienone is 2. The number of hydrogen-bond acceptors (Lipinski definition) is 0. The van der Waals surface area contributed by atoms with Gasteiger partial charge in [0.05, 0.1) is 0 Å². The fraction of sp³-hybridized carbons (Fsp3) is 0.120. The SMILES string of the molecule is Cc1ccc(/C(Cl)=C/C(/C=C(/Cl)c2ccc(C)cc2)c2ccc(Br)cc2)cc1. The van der Waals surface area contributed by atoms with Crippen LogP contribution >= 0.6 is 39.1 Å². The average molecular weight is 472 g/mol. The minimum Gasteiger partial charge on any atom is -0.0840 e. The molecule has 1 atom stereocenters. The number of benzene rings is 3. The summed E-state index contributed by atoms with van der Waals surface area (Å²) in [5, 5.41) is 1.41. The van der Waals surface area contributed by atoms with Crippen molar-refractivity contribution in [3.8, 4) is 0 Å². The predicted molar refractivity (Wildman–Crippen MR) is 127 cm³/mol. The lowest BCUT2D eigenvalue weighted by Gasteiger charge is -2.12. The fourth-order valence-corrected chi connectivity index (χ4v) is 3.65. The largest absolute Gasteiger partial charge is 0.0840 e. The van der Waals surface area contributed by atoms with E-state index in [1.165, 1.54) is 11.1 Å². The van der Waals surface area contributed by atoms with Gasteiger partial charge in [-0.15, -0.1) is 0 Å². The van der Waals surface area contributed by atoms with Crippen LogP contribution in [-0.4, -0.2) is 0 Å². The van der Waals surface area contributed by atoms with Crippen molar-refractivity contribution in [1.82, 2.24) is 0 Å². The maximum Gasteiger partial charge on any atom is 0.0447 e. The van der Waals surface area contributed by atoms with E-state index in [9.17, 15) is 0 Å². The molecule has 142 valence electrons. The molecule has 0 amide bonds. The van der Waals surface area contributed by atoms with Crippen LogP contribution in [0.5, 0.6) is 0 Å². The molecular weight excluding hydrogens is 451 g/mol. The zero-order chi connectivity index (χ0) is 20.1. The van der Waals surface area contributed by atoms with Crippen LogP contribution in [0.15, 0.2) is 89.4 Å². The second-order valence-corrected chi connectivity index (χ2v) is 8.57. The Hall–Kier alpha value is -1.80. The van der Waals surface area contributed by atoms with E-state index in [4.69, 9.17) is 23.2 Å². The Labute approximate surface area is 185 Å². The van der Waals surface area contributed by atoms with Crippen LogP contribution in [-0.2, 0) is 0 Å². The molecule has 0 heterocycles. The molecule has 1 unspecified atom stereocenters. The van der Waals surface area contributed by atoms with E-state index >= 15 is 0 Å². The highest BCUT2D eigenvalue weighted by Gasteiger charge is 2.11. The summed E-state index contributed by atoms with van der Waals surface area (Å²) >= 11 is 16.8. The molecule has 0 aliphatic rings. The number of aryl methyl sites for hydroxylation is 2. The Morgan fingerprint density at radius 3 is 1.46 bits per heavy atom. The standard InChI is InChI=1S/C25H21BrCl2/c1-17-3-7-20(8-4-17)24(27)15-22(19-11-13-23(26)14-12-19)16-25(28)21-9-5-18(2)6-10-21/h3-16,22H,1-2H3/b24-15-,25-16+. The Morgan fingerprint density at radius 1 is 0.679 bits per heavy atom. The van der Waals surface area contributed by atoms with Crippen molar-refractivity contribution < 1.29 is 0 Å². The zero-order valence-corrected chi connectivity index (χ0v) is 18.9. The maximum atomic E-state index is 6.66. The molecule has 3 aromatic carbocycles. The van der Waals surface area contributed by atoms with Gasteiger partial charge in [-0.05, 0) is 42.7 Å². The van der Waals surface area contributed by atoms with Crippen molar-refractivity contribution >= 4 is 49.2 Å². The zero-order valence-electron chi connectivity index (χ0n) is 15.8. The Balaban J connectivity index is 2.00. The second kappa shape index (κ2) is 9.60. The van der Waals surface area contributed by atoms with Gasteiger partial charge in [-0.3, -0.25) is 0 Å². The molecule has 0 saturated carbocycles. The summed E-state index contributed by atoms with van der Waals surface area (Å²) in [7, 11) is 0. The smallest absolute Gasteiger partial charge is 0.0447 e. The molecule has 0 aromatic heterocycles. The van der Waals surface area contributed by atoms with E-state index < -0.39 is 0 Å². The van der Waals surface area contributed by atoms with Gasteiger partial charge in [0.1, 0.15) is 0 Å². The number of halogens is 3. The molecule has 3 rings (SSSR count). The first-order chi connectivity index (χ1) is 13.4. The van der Waals surface area contributed by atoms with Crippen molar-refractivity contribution in [3.05, 3.63) is 117 Å². The summed E-state index contributed by atoms with van der Waals surface area (Å²) < 4.78 is 1.04. The molecular formula is C25H21BrCl2. The summed E-state index contributed by atoms with van der Waals surface area (Å²) in [5.41, 5.74) is 5.53. The molecule has 0 aliphatic carbocycles. The van der Waals surface area contributed by atoms with Gasteiger partial charge < -0.3 is 0 Å². The molecule has 0 radical (unpaired) electrons. The first-order valence-electron chi connectivity index (χ1n) is 9.06. The summed E-state index contributed by atoms with van der Waals surface area (Å²) in [5.74, 6) is -0.0456. The molecule has 28 heavy (non-hydrogen) atoms. The quantitative estimate of drug-likeness (QED) is 0.349. The molecule has 0 nitrogen and oxygen atoms in total. The Kier molecular flexibility index (Phi) is 7.18. The lowest BCUT2D eigenvalue weighted by atomic mass is 9.96. The van der Waals surface area contributed by atoms with Crippen LogP contribution in [0.25, 0.3) is 10.1 Å². The highest BCUT2D eigenvalue weighted by Crippen LogP contribution is 2.32. The van der Waals surface area contributed by atoms with Crippen molar-refractivity contribution in [2.75, 3.05) is 0 Å². The van der Waals surface area contributed by atoms with Gasteiger partial charge in [-0.25, -0.2) is 0 Å². The van der Waals surface area contributed by atoms with Crippen LogP contribution in [0.1, 0.15) is 33.7 Å². The monoisotopic (exact) mass is 470 g/mol. The number of rotatable bonds is 5. The third kappa shape index (κ3) is 5.61. The third-order valence-corrected chi connectivity index (χ3v) is 5.78. The van der Waals surface area contributed by atoms with E-state index in [1.807, 2.05) is 48.6 Å². The second-order valence-electron chi connectivity index (χ2n) is 6.84. The van der Waals surface area contributed by atoms with Crippen LogP contribution in [0, 0.1) is 13.8 Å². The van der Waals surface area contributed by atoms with E-state index in [-0.39, 0.29) is 5.92 Å². The lowest BCUT2D eigenvalue weighted by molar-refractivity contribution is 1.09. The highest BCUT2D eigenvalue weighted by atomic mass is 79.9. The van der Waals surface area contributed by atoms with Gasteiger partial charge >= 0.3 is 0 Å². The molecule has 0 N–H and O–H groups in total. The van der Waals surface area contributed by atoms with Crippen molar-refractivity contribution in [1.29, 1.82) is 0 Å². The van der Waals surface area contributed by atoms with Crippen molar-refractivity contribution in [2.45, 2.75) is 19.8 Å². The molecule has 0 saturated heterocycles. The normalized spacial score (nSPS) is 13.5. The predicted octanol–water partition coefficient (Wildman–Crippen LogP) is 8.71. The molecule has 0 fully saturated rings. The summed E-state index contributed by atoms with van der Waals surface area (Å²) in [6.07, 6.45) is 4.10. The minimum atomic E-state index is -0.0456. The topological polar surface area (TPSA) is 0 Å². The van der Waals surface area contributed by atoms with Gasteiger partial charge in [0.15, 0.2) is 0 Å². The maximum absolute atomic E-state index is 6.66. The Morgan fingerprint density at radius 2 is 1.07 bits per heavy atom. The first kappa shape index (κ1) is 20.9. The van der Waals surface area contributed by atoms with E-state index in [0.29, 0.717) is 10.1 Å². The van der Waals surface area contributed by atoms with Gasteiger partial charge in [-0.2, -0.15) is 0 Å². The van der Waals surface area contributed by atoms with Gasteiger partial charge in [-0.1, -0.05) is 123 Å². The third-order valence-electron chi connectivity index (χ3n) is 4.56. The van der Waals surface area contributed by atoms with Gasteiger partial charge in [0.25, 0.3) is 0 Å². The van der Waals surface area contributed by atoms with Crippen molar-refractivity contribution in [3.63, 3.8) is 0 Å². The molecule has 0 bridgehead atoms. The van der Waals surface area contributed by atoms with Gasteiger partial charge in [0.2, 0.25) is 0 Å². The summed E-state index contributed by atoms with van der Waals surface area (Å²) in [6, 6.07) is 24.6. The van der Waals surface area contributed by atoms with Crippen LogP contribution in [0.4, 0.5) is 0 Å². The minimum absolute atomic E-state index is 0.0456. The average Bonchev–Trinajstić information content (AvgIpc) is 2.69. The van der Waals surface area contributed by atoms with E-state index in [2.05, 4.69) is 66.2 Å². The molecule has 0 spiro atoms. The fourth-order valence-electron chi connectivity index (χ4n) is 2.86. The molecule has 0 aliphatic heterocycles. The first-order valence-corrected chi connectivity index (χ1v) is 10.6. The molecule has 3 heteroatoms.